The summed E-state index contributed by atoms with van der Waals surface area (Å²) in [5.74, 6) is 0. The first-order valence-corrected chi connectivity index (χ1v) is 8.07. The Morgan fingerprint density at radius 2 is 2.32 bits per heavy atom. The van der Waals surface area contributed by atoms with E-state index in [4.69, 9.17) is 9.47 Å². The Labute approximate surface area is 118 Å². The van der Waals surface area contributed by atoms with E-state index in [2.05, 4.69) is 15.3 Å². The SMILES string of the molecule is Cc1csc([C@H]2CN(C[C@H]3CCCCO3)CCO2)n1. The molecule has 106 valence electrons. The maximum absolute atomic E-state index is 5.86. The van der Waals surface area contributed by atoms with Gasteiger partial charge in [0.05, 0.1) is 12.7 Å². The Balaban J connectivity index is 1.55. The van der Waals surface area contributed by atoms with E-state index in [1.54, 1.807) is 11.3 Å². The molecule has 4 nitrogen and oxygen atoms in total. The second kappa shape index (κ2) is 6.31. The zero-order valence-electron chi connectivity index (χ0n) is 11.5. The van der Waals surface area contributed by atoms with Crippen molar-refractivity contribution in [2.24, 2.45) is 0 Å². The van der Waals surface area contributed by atoms with Gasteiger partial charge in [-0.2, -0.15) is 0 Å². The minimum absolute atomic E-state index is 0.149. The number of aromatic nitrogens is 1. The molecule has 2 fully saturated rings. The zero-order chi connectivity index (χ0) is 13.1. The van der Waals surface area contributed by atoms with E-state index in [0.29, 0.717) is 6.10 Å². The summed E-state index contributed by atoms with van der Waals surface area (Å²) in [6.45, 7) is 6.79. The molecular weight excluding hydrogens is 260 g/mol. The van der Waals surface area contributed by atoms with Crippen molar-refractivity contribution in [1.29, 1.82) is 0 Å². The topological polar surface area (TPSA) is 34.6 Å². The Kier molecular flexibility index (Phi) is 4.48. The van der Waals surface area contributed by atoms with Gasteiger partial charge in [0, 0.05) is 37.3 Å². The number of nitrogens with zero attached hydrogens (tertiary/aromatic N) is 2. The monoisotopic (exact) mass is 282 g/mol. The predicted octanol–water partition coefficient (Wildman–Crippen LogP) is 2.39. The van der Waals surface area contributed by atoms with Gasteiger partial charge in [0.2, 0.25) is 0 Å². The third-order valence-corrected chi connectivity index (χ3v) is 4.85. The number of thiazole rings is 1. The molecular formula is C14H22N2O2S. The fourth-order valence-corrected chi connectivity index (χ4v) is 3.61. The van der Waals surface area contributed by atoms with Crippen molar-refractivity contribution in [2.75, 3.05) is 32.8 Å². The minimum atomic E-state index is 0.149. The number of hydrogen-bond donors (Lipinski definition) is 0. The maximum atomic E-state index is 5.86. The first-order valence-electron chi connectivity index (χ1n) is 7.19. The van der Waals surface area contributed by atoms with E-state index in [-0.39, 0.29) is 6.10 Å². The molecule has 0 N–H and O–H groups in total. The normalized spacial score (nSPS) is 29.5. The van der Waals surface area contributed by atoms with Crippen LogP contribution in [0, 0.1) is 6.92 Å². The van der Waals surface area contributed by atoms with Gasteiger partial charge in [0.15, 0.2) is 0 Å². The molecule has 0 spiro atoms. The van der Waals surface area contributed by atoms with E-state index in [1.165, 1.54) is 19.3 Å². The van der Waals surface area contributed by atoms with Crippen LogP contribution in [-0.2, 0) is 9.47 Å². The van der Waals surface area contributed by atoms with Gasteiger partial charge in [-0.3, -0.25) is 4.90 Å². The Hall–Kier alpha value is -0.490. The van der Waals surface area contributed by atoms with Crippen molar-refractivity contribution < 1.29 is 9.47 Å². The van der Waals surface area contributed by atoms with Crippen molar-refractivity contribution in [3.05, 3.63) is 16.1 Å². The molecule has 0 unspecified atom stereocenters. The molecule has 2 atom stereocenters. The number of rotatable bonds is 3. The van der Waals surface area contributed by atoms with Crippen LogP contribution < -0.4 is 0 Å². The summed E-state index contributed by atoms with van der Waals surface area (Å²) in [5, 5.41) is 3.22. The number of hydrogen-bond acceptors (Lipinski definition) is 5. The van der Waals surface area contributed by atoms with Crippen LogP contribution in [0.1, 0.15) is 36.1 Å². The third kappa shape index (κ3) is 3.54. The molecule has 0 saturated carbocycles. The van der Waals surface area contributed by atoms with E-state index < -0.39 is 0 Å². The molecule has 0 amide bonds. The summed E-state index contributed by atoms with van der Waals surface area (Å²) in [5.41, 5.74) is 1.09. The van der Waals surface area contributed by atoms with Crippen LogP contribution in [0.4, 0.5) is 0 Å². The summed E-state index contributed by atoms with van der Waals surface area (Å²) >= 11 is 1.71. The highest BCUT2D eigenvalue weighted by molar-refractivity contribution is 7.09. The van der Waals surface area contributed by atoms with Gasteiger partial charge in [-0.25, -0.2) is 4.98 Å². The summed E-state index contributed by atoms with van der Waals surface area (Å²) in [6, 6.07) is 0. The molecule has 0 aliphatic carbocycles. The molecule has 19 heavy (non-hydrogen) atoms. The fourth-order valence-electron chi connectivity index (χ4n) is 2.78. The summed E-state index contributed by atoms with van der Waals surface area (Å²) in [7, 11) is 0. The largest absolute Gasteiger partial charge is 0.377 e. The molecule has 5 heteroatoms. The number of morpholine rings is 1. The van der Waals surface area contributed by atoms with Crippen molar-refractivity contribution >= 4 is 11.3 Å². The Morgan fingerprint density at radius 3 is 3.05 bits per heavy atom. The summed E-state index contributed by atoms with van der Waals surface area (Å²) < 4.78 is 11.7. The lowest BCUT2D eigenvalue weighted by atomic mass is 10.1. The van der Waals surface area contributed by atoms with Crippen LogP contribution >= 0.6 is 11.3 Å². The summed E-state index contributed by atoms with van der Waals surface area (Å²) in [4.78, 5) is 7.02. The number of ether oxygens (including phenoxy) is 2. The average molecular weight is 282 g/mol. The second-order valence-corrected chi connectivity index (χ2v) is 6.32. The second-order valence-electron chi connectivity index (χ2n) is 5.43. The lowest BCUT2D eigenvalue weighted by Crippen LogP contribution is -2.43. The Morgan fingerprint density at radius 1 is 1.37 bits per heavy atom. The van der Waals surface area contributed by atoms with Gasteiger partial charge in [0.1, 0.15) is 11.1 Å². The van der Waals surface area contributed by atoms with E-state index in [1.807, 2.05) is 6.92 Å². The van der Waals surface area contributed by atoms with Crippen molar-refractivity contribution in [3.8, 4) is 0 Å². The van der Waals surface area contributed by atoms with Gasteiger partial charge in [-0.1, -0.05) is 0 Å². The van der Waals surface area contributed by atoms with Crippen LogP contribution in [0.2, 0.25) is 0 Å². The van der Waals surface area contributed by atoms with Gasteiger partial charge >= 0.3 is 0 Å². The molecule has 0 aromatic carbocycles. The quantitative estimate of drug-likeness (QED) is 0.852. The minimum Gasteiger partial charge on any atom is -0.377 e. The maximum Gasteiger partial charge on any atom is 0.123 e. The molecule has 2 aliphatic rings. The standard InChI is InChI=1S/C14H22N2O2S/c1-11-10-19-14(15-11)13-9-16(5-7-18-13)8-12-4-2-3-6-17-12/h10,12-13H,2-9H2,1H3/t12-,13-/m1/s1. The Bertz CT molecular complexity index is 404. The van der Waals surface area contributed by atoms with Crippen LogP contribution in [0.15, 0.2) is 5.38 Å². The highest BCUT2D eigenvalue weighted by Gasteiger charge is 2.26. The van der Waals surface area contributed by atoms with Gasteiger partial charge < -0.3 is 9.47 Å². The first kappa shape index (κ1) is 13.5. The third-order valence-electron chi connectivity index (χ3n) is 3.80. The van der Waals surface area contributed by atoms with Gasteiger partial charge in [0.25, 0.3) is 0 Å². The van der Waals surface area contributed by atoms with Crippen molar-refractivity contribution in [2.45, 2.75) is 38.4 Å². The highest BCUT2D eigenvalue weighted by Crippen LogP contribution is 2.26. The lowest BCUT2D eigenvalue weighted by molar-refractivity contribution is -0.0611. The van der Waals surface area contributed by atoms with Crippen molar-refractivity contribution in [3.63, 3.8) is 0 Å². The highest BCUT2D eigenvalue weighted by atomic mass is 32.1. The van der Waals surface area contributed by atoms with E-state index in [9.17, 15) is 0 Å². The molecule has 3 heterocycles. The van der Waals surface area contributed by atoms with Crippen LogP contribution in [0.5, 0.6) is 0 Å². The molecule has 2 aliphatic heterocycles. The molecule has 2 saturated heterocycles. The fraction of sp³-hybridized carbons (Fsp3) is 0.786. The molecule has 1 aromatic heterocycles. The van der Waals surface area contributed by atoms with Gasteiger partial charge in [-0.15, -0.1) is 11.3 Å². The molecule has 3 rings (SSSR count). The van der Waals surface area contributed by atoms with Crippen LogP contribution in [0.3, 0.4) is 0 Å². The van der Waals surface area contributed by atoms with Crippen LogP contribution in [-0.4, -0.2) is 48.8 Å². The zero-order valence-corrected chi connectivity index (χ0v) is 12.3. The smallest absolute Gasteiger partial charge is 0.123 e. The average Bonchev–Trinajstić information content (AvgIpc) is 2.87. The first-order chi connectivity index (χ1) is 9.31. The summed E-state index contributed by atoms with van der Waals surface area (Å²) in [6.07, 6.45) is 4.31. The molecule has 0 bridgehead atoms. The van der Waals surface area contributed by atoms with E-state index in [0.717, 1.165) is 43.5 Å². The molecule has 1 aromatic rings. The van der Waals surface area contributed by atoms with Gasteiger partial charge in [-0.05, 0) is 26.2 Å². The predicted molar refractivity (Wildman–Crippen MR) is 75.6 cm³/mol. The lowest BCUT2D eigenvalue weighted by Gasteiger charge is -2.35. The van der Waals surface area contributed by atoms with Crippen LogP contribution in [0.25, 0.3) is 0 Å². The molecule has 0 radical (unpaired) electrons. The number of aryl methyl sites for hydroxylation is 1. The van der Waals surface area contributed by atoms with E-state index >= 15 is 0 Å². The van der Waals surface area contributed by atoms with Crippen molar-refractivity contribution in [1.82, 2.24) is 9.88 Å².